The maximum atomic E-state index is 12.2. The van der Waals surface area contributed by atoms with Crippen molar-refractivity contribution in [2.24, 2.45) is 0 Å². The number of carbonyl (C=O) groups is 1. The number of hydrogen-bond acceptors (Lipinski definition) is 5. The predicted molar refractivity (Wildman–Crippen MR) is 83.1 cm³/mol. The van der Waals surface area contributed by atoms with E-state index in [-0.39, 0.29) is 11.6 Å². The molecule has 1 aliphatic heterocycles. The summed E-state index contributed by atoms with van der Waals surface area (Å²) in [5, 5.41) is 10.9. The number of nitro groups is 1. The number of fused-ring (bicyclic) bond motifs is 1. The Morgan fingerprint density at radius 3 is 2.86 bits per heavy atom. The first-order valence-electron chi connectivity index (χ1n) is 6.90. The zero-order valence-corrected chi connectivity index (χ0v) is 12.6. The molecule has 1 aromatic carbocycles. The number of benzene rings is 1. The third kappa shape index (κ3) is 3.95. The van der Waals surface area contributed by atoms with Crippen LogP contribution in [0.2, 0.25) is 0 Å². The second kappa shape index (κ2) is 7.42. The van der Waals surface area contributed by atoms with Gasteiger partial charge in [0.2, 0.25) is 5.91 Å². The first kappa shape index (κ1) is 15.8. The van der Waals surface area contributed by atoms with Crippen LogP contribution >= 0.6 is 12.6 Å². The van der Waals surface area contributed by atoms with Gasteiger partial charge in [0.1, 0.15) is 0 Å². The molecule has 114 valence electrons. The highest BCUT2D eigenvalue weighted by molar-refractivity contribution is 7.80. The third-order valence-electron chi connectivity index (χ3n) is 3.40. The SMILES string of the molecule is O=C1CCCc2cc([N+](=O)[O-])ccc2N1CCOCCS. The van der Waals surface area contributed by atoms with Crippen LogP contribution in [0.5, 0.6) is 0 Å². The van der Waals surface area contributed by atoms with Crippen LogP contribution in [0.3, 0.4) is 0 Å². The van der Waals surface area contributed by atoms with E-state index in [4.69, 9.17) is 4.74 Å². The van der Waals surface area contributed by atoms with Gasteiger partial charge in [-0.05, 0) is 24.5 Å². The Balaban J connectivity index is 2.20. The molecule has 0 spiro atoms. The van der Waals surface area contributed by atoms with Crippen molar-refractivity contribution in [2.45, 2.75) is 19.3 Å². The van der Waals surface area contributed by atoms with E-state index in [1.807, 2.05) is 0 Å². The first-order chi connectivity index (χ1) is 10.1. The summed E-state index contributed by atoms with van der Waals surface area (Å²) in [5.74, 6) is 0.675. The fourth-order valence-corrected chi connectivity index (χ4v) is 2.55. The van der Waals surface area contributed by atoms with Crippen LogP contribution in [0.15, 0.2) is 18.2 Å². The molecule has 21 heavy (non-hydrogen) atoms. The lowest BCUT2D eigenvalue weighted by Gasteiger charge is -2.22. The minimum atomic E-state index is -0.410. The molecule has 1 aliphatic rings. The van der Waals surface area contributed by atoms with Crippen LogP contribution in [0.4, 0.5) is 11.4 Å². The number of hydrogen-bond donors (Lipinski definition) is 1. The predicted octanol–water partition coefficient (Wildman–Crippen LogP) is 2.21. The van der Waals surface area contributed by atoms with E-state index in [9.17, 15) is 14.9 Å². The lowest BCUT2D eigenvalue weighted by Crippen LogP contribution is -2.33. The van der Waals surface area contributed by atoms with Gasteiger partial charge in [-0.1, -0.05) is 0 Å². The van der Waals surface area contributed by atoms with Crippen LogP contribution in [0.25, 0.3) is 0 Å². The van der Waals surface area contributed by atoms with Crippen molar-refractivity contribution in [2.75, 3.05) is 30.4 Å². The third-order valence-corrected chi connectivity index (χ3v) is 3.58. The summed E-state index contributed by atoms with van der Waals surface area (Å²) in [7, 11) is 0. The van der Waals surface area contributed by atoms with Gasteiger partial charge in [0.15, 0.2) is 0 Å². The molecule has 0 N–H and O–H groups in total. The van der Waals surface area contributed by atoms with Gasteiger partial charge in [0, 0.05) is 36.5 Å². The zero-order chi connectivity index (χ0) is 15.2. The lowest BCUT2D eigenvalue weighted by molar-refractivity contribution is -0.384. The van der Waals surface area contributed by atoms with Crippen molar-refractivity contribution >= 4 is 29.9 Å². The van der Waals surface area contributed by atoms with Gasteiger partial charge in [-0.3, -0.25) is 14.9 Å². The summed E-state index contributed by atoms with van der Waals surface area (Å²) in [6.07, 6.45) is 1.84. The van der Waals surface area contributed by atoms with E-state index in [1.54, 1.807) is 17.0 Å². The van der Waals surface area contributed by atoms with Gasteiger partial charge in [-0.2, -0.15) is 12.6 Å². The van der Waals surface area contributed by atoms with Gasteiger partial charge in [-0.25, -0.2) is 0 Å². The molecule has 7 heteroatoms. The molecule has 1 amide bonds. The van der Waals surface area contributed by atoms with Gasteiger partial charge in [-0.15, -0.1) is 0 Å². The number of ether oxygens (including phenoxy) is 1. The largest absolute Gasteiger partial charge is 0.379 e. The second-order valence-electron chi connectivity index (χ2n) is 4.81. The lowest BCUT2D eigenvalue weighted by atomic mass is 10.1. The maximum absolute atomic E-state index is 12.2. The van der Waals surface area contributed by atoms with E-state index < -0.39 is 4.92 Å². The van der Waals surface area contributed by atoms with E-state index in [0.29, 0.717) is 44.8 Å². The number of nitro benzene ring substituents is 1. The molecule has 0 atom stereocenters. The fraction of sp³-hybridized carbons (Fsp3) is 0.500. The molecule has 0 fully saturated rings. The fourth-order valence-electron chi connectivity index (χ4n) is 2.42. The average Bonchev–Trinajstić information content (AvgIpc) is 2.62. The Bertz CT molecular complexity index is 536. The normalized spacial score (nSPS) is 14.7. The molecule has 0 aromatic heterocycles. The van der Waals surface area contributed by atoms with Crippen LogP contribution in [-0.4, -0.2) is 36.3 Å². The molecule has 6 nitrogen and oxygen atoms in total. The summed E-state index contributed by atoms with van der Waals surface area (Å²) in [6, 6.07) is 4.67. The van der Waals surface area contributed by atoms with Crippen molar-refractivity contribution < 1.29 is 14.5 Å². The Morgan fingerprint density at radius 1 is 1.33 bits per heavy atom. The summed E-state index contributed by atoms with van der Waals surface area (Å²) in [5.41, 5.74) is 1.68. The minimum Gasteiger partial charge on any atom is -0.379 e. The summed E-state index contributed by atoms with van der Waals surface area (Å²) in [4.78, 5) is 24.3. The number of aryl methyl sites for hydroxylation is 1. The van der Waals surface area contributed by atoms with E-state index in [0.717, 1.165) is 11.3 Å². The number of amides is 1. The Kier molecular flexibility index (Phi) is 5.58. The summed E-state index contributed by atoms with van der Waals surface area (Å²) in [6.45, 7) is 1.43. The van der Waals surface area contributed by atoms with Crippen molar-refractivity contribution in [3.05, 3.63) is 33.9 Å². The molecule has 0 unspecified atom stereocenters. The monoisotopic (exact) mass is 310 g/mol. The van der Waals surface area contributed by atoms with Crippen molar-refractivity contribution in [3.8, 4) is 0 Å². The molecular weight excluding hydrogens is 292 g/mol. The first-order valence-corrected chi connectivity index (χ1v) is 7.53. The van der Waals surface area contributed by atoms with E-state index in [1.165, 1.54) is 6.07 Å². The zero-order valence-electron chi connectivity index (χ0n) is 11.7. The molecule has 1 aromatic rings. The molecule has 0 aliphatic carbocycles. The van der Waals surface area contributed by atoms with Gasteiger partial charge >= 0.3 is 0 Å². The number of thiol groups is 1. The summed E-state index contributed by atoms with van der Waals surface area (Å²) >= 11 is 4.06. The van der Waals surface area contributed by atoms with Crippen molar-refractivity contribution in [1.29, 1.82) is 0 Å². The van der Waals surface area contributed by atoms with Crippen molar-refractivity contribution in [3.63, 3.8) is 0 Å². The van der Waals surface area contributed by atoms with Gasteiger partial charge in [0.05, 0.1) is 18.1 Å². The Morgan fingerprint density at radius 2 is 2.14 bits per heavy atom. The number of nitrogens with zero attached hydrogens (tertiary/aromatic N) is 2. The Labute approximate surface area is 128 Å². The smallest absolute Gasteiger partial charge is 0.269 e. The quantitative estimate of drug-likeness (QED) is 0.378. The number of non-ortho nitro benzene ring substituents is 1. The topological polar surface area (TPSA) is 72.7 Å². The standard InChI is InChI=1S/C14H18N2O4S/c17-14-3-1-2-11-10-12(16(18)19)4-5-13(11)15(14)6-7-20-8-9-21/h4-5,10,21H,1-3,6-9H2. The van der Waals surface area contributed by atoms with E-state index in [2.05, 4.69) is 12.6 Å². The molecule has 0 saturated heterocycles. The molecular formula is C14H18N2O4S. The Hall–Kier alpha value is -1.60. The highest BCUT2D eigenvalue weighted by Gasteiger charge is 2.23. The van der Waals surface area contributed by atoms with E-state index >= 15 is 0 Å². The molecule has 0 radical (unpaired) electrons. The minimum absolute atomic E-state index is 0.0390. The molecule has 2 rings (SSSR count). The van der Waals surface area contributed by atoms with Gasteiger partial charge in [0.25, 0.3) is 5.69 Å². The number of anilines is 1. The molecule has 1 heterocycles. The van der Waals surface area contributed by atoms with Crippen LogP contribution < -0.4 is 4.90 Å². The molecule has 0 saturated carbocycles. The average molecular weight is 310 g/mol. The van der Waals surface area contributed by atoms with Crippen LogP contribution in [-0.2, 0) is 16.0 Å². The van der Waals surface area contributed by atoms with Gasteiger partial charge < -0.3 is 9.64 Å². The summed E-state index contributed by atoms with van der Waals surface area (Å²) < 4.78 is 5.37. The maximum Gasteiger partial charge on any atom is 0.269 e. The second-order valence-corrected chi connectivity index (χ2v) is 5.25. The highest BCUT2D eigenvalue weighted by Crippen LogP contribution is 2.30. The van der Waals surface area contributed by atoms with Crippen LogP contribution in [0, 0.1) is 10.1 Å². The number of carbonyl (C=O) groups excluding carboxylic acids is 1. The van der Waals surface area contributed by atoms with Crippen LogP contribution in [0.1, 0.15) is 18.4 Å². The number of rotatable bonds is 6. The van der Waals surface area contributed by atoms with Crippen molar-refractivity contribution in [1.82, 2.24) is 0 Å². The molecule has 0 bridgehead atoms. The highest BCUT2D eigenvalue weighted by atomic mass is 32.1.